The lowest BCUT2D eigenvalue weighted by molar-refractivity contribution is -0.156. The van der Waals surface area contributed by atoms with E-state index in [2.05, 4.69) is 5.32 Å². The van der Waals surface area contributed by atoms with Crippen molar-refractivity contribution in [1.82, 2.24) is 5.32 Å². The second-order valence-electron chi connectivity index (χ2n) is 6.87. The molecule has 0 saturated carbocycles. The molecule has 2 aromatic carbocycles. The van der Waals surface area contributed by atoms with Crippen LogP contribution in [0.5, 0.6) is 0 Å². The van der Waals surface area contributed by atoms with Gasteiger partial charge in [-0.1, -0.05) is 50.2 Å². The van der Waals surface area contributed by atoms with Gasteiger partial charge in [0.25, 0.3) is 11.8 Å². The van der Waals surface area contributed by atoms with Crippen LogP contribution in [0.4, 0.5) is 5.69 Å². The number of amides is 2. The van der Waals surface area contributed by atoms with Crippen molar-refractivity contribution in [3.63, 3.8) is 0 Å². The Morgan fingerprint density at radius 2 is 1.43 bits per heavy atom. The van der Waals surface area contributed by atoms with Gasteiger partial charge in [-0.2, -0.15) is 0 Å². The number of carbonyl (C=O) groups excluding carboxylic acids is 3. The number of benzene rings is 2. The van der Waals surface area contributed by atoms with Gasteiger partial charge in [0, 0.05) is 18.3 Å². The first kappa shape index (κ1) is 21.2. The minimum Gasteiger partial charge on any atom is -0.451 e. The lowest BCUT2D eigenvalue weighted by Crippen LogP contribution is -2.48. The number of esters is 1. The fraction of sp³-hybridized carbons (Fsp3) is 0.318. The molecule has 0 fully saturated rings. The predicted molar refractivity (Wildman–Crippen MR) is 108 cm³/mol. The fourth-order valence-corrected chi connectivity index (χ4v) is 2.66. The molecule has 2 unspecified atom stereocenters. The molecule has 0 aromatic heterocycles. The third kappa shape index (κ3) is 5.42. The van der Waals surface area contributed by atoms with Crippen molar-refractivity contribution in [1.29, 1.82) is 0 Å². The van der Waals surface area contributed by atoms with Gasteiger partial charge in [0.1, 0.15) is 6.04 Å². The summed E-state index contributed by atoms with van der Waals surface area (Å²) < 4.78 is 5.37. The molecule has 6 heteroatoms. The van der Waals surface area contributed by atoms with Crippen LogP contribution in [0.1, 0.15) is 31.1 Å². The third-order valence-electron chi connectivity index (χ3n) is 4.36. The second kappa shape index (κ2) is 9.69. The Hall–Kier alpha value is -3.15. The summed E-state index contributed by atoms with van der Waals surface area (Å²) in [5.41, 5.74) is 1.15. The zero-order chi connectivity index (χ0) is 20.7. The summed E-state index contributed by atoms with van der Waals surface area (Å²) in [7, 11) is 1.62. The van der Waals surface area contributed by atoms with Crippen LogP contribution < -0.4 is 10.2 Å². The molecular weight excluding hydrogens is 356 g/mol. The van der Waals surface area contributed by atoms with Crippen LogP contribution in [0, 0.1) is 5.92 Å². The van der Waals surface area contributed by atoms with Crippen molar-refractivity contribution in [2.75, 3.05) is 11.9 Å². The number of hydrogen-bond acceptors (Lipinski definition) is 4. The number of para-hydroxylation sites is 1. The highest BCUT2D eigenvalue weighted by atomic mass is 16.5. The Morgan fingerprint density at radius 1 is 0.893 bits per heavy atom. The van der Waals surface area contributed by atoms with Gasteiger partial charge in [-0.15, -0.1) is 0 Å². The summed E-state index contributed by atoms with van der Waals surface area (Å²) in [5, 5.41) is 2.70. The lowest BCUT2D eigenvalue weighted by atomic mass is 10.0. The van der Waals surface area contributed by atoms with Crippen molar-refractivity contribution >= 4 is 23.5 Å². The average Bonchev–Trinajstić information content (AvgIpc) is 2.71. The number of carbonyl (C=O) groups is 3. The van der Waals surface area contributed by atoms with Gasteiger partial charge in [-0.25, -0.2) is 4.79 Å². The van der Waals surface area contributed by atoms with Gasteiger partial charge in [-0.3, -0.25) is 9.59 Å². The molecule has 6 nitrogen and oxygen atoms in total. The highest BCUT2D eigenvalue weighted by Crippen LogP contribution is 2.14. The van der Waals surface area contributed by atoms with E-state index in [1.807, 2.05) is 24.3 Å². The molecule has 2 aromatic rings. The number of anilines is 1. The average molecular weight is 382 g/mol. The monoisotopic (exact) mass is 382 g/mol. The quantitative estimate of drug-likeness (QED) is 0.747. The van der Waals surface area contributed by atoms with E-state index in [1.165, 1.54) is 11.8 Å². The number of ether oxygens (including phenoxy) is 1. The molecule has 0 aliphatic rings. The molecule has 2 atom stereocenters. The number of nitrogens with one attached hydrogen (secondary N) is 1. The van der Waals surface area contributed by atoms with Crippen LogP contribution in [0.2, 0.25) is 0 Å². The summed E-state index contributed by atoms with van der Waals surface area (Å²) >= 11 is 0. The first-order valence-corrected chi connectivity index (χ1v) is 9.20. The second-order valence-corrected chi connectivity index (χ2v) is 6.87. The van der Waals surface area contributed by atoms with E-state index >= 15 is 0 Å². The smallest absolute Gasteiger partial charge is 0.329 e. The van der Waals surface area contributed by atoms with Crippen LogP contribution in [0.15, 0.2) is 60.7 Å². The first-order chi connectivity index (χ1) is 13.3. The van der Waals surface area contributed by atoms with Gasteiger partial charge < -0.3 is 15.0 Å². The Labute approximate surface area is 165 Å². The maximum absolute atomic E-state index is 12.6. The van der Waals surface area contributed by atoms with Crippen molar-refractivity contribution in [3.05, 3.63) is 66.2 Å². The predicted octanol–water partition coefficient (Wildman–Crippen LogP) is 3.04. The topological polar surface area (TPSA) is 75.7 Å². The van der Waals surface area contributed by atoms with Crippen molar-refractivity contribution < 1.29 is 19.1 Å². The summed E-state index contributed by atoms with van der Waals surface area (Å²) in [4.78, 5) is 39.0. The molecule has 2 rings (SSSR count). The van der Waals surface area contributed by atoms with Crippen LogP contribution in [-0.2, 0) is 14.3 Å². The molecular formula is C22H26N2O4. The van der Waals surface area contributed by atoms with Crippen LogP contribution in [-0.4, -0.2) is 37.0 Å². The van der Waals surface area contributed by atoms with Crippen molar-refractivity contribution in [2.45, 2.75) is 32.9 Å². The molecule has 0 spiro atoms. The van der Waals surface area contributed by atoms with Gasteiger partial charge in [-0.05, 0) is 37.1 Å². The third-order valence-corrected chi connectivity index (χ3v) is 4.36. The molecule has 28 heavy (non-hydrogen) atoms. The minimum atomic E-state index is -0.979. The van der Waals surface area contributed by atoms with E-state index in [4.69, 9.17) is 4.74 Å². The Balaban J connectivity index is 2.03. The summed E-state index contributed by atoms with van der Waals surface area (Å²) in [6, 6.07) is 16.9. The maximum atomic E-state index is 12.6. The largest absolute Gasteiger partial charge is 0.451 e. The van der Waals surface area contributed by atoms with Gasteiger partial charge in [0.2, 0.25) is 0 Å². The van der Waals surface area contributed by atoms with Gasteiger partial charge in [0.05, 0.1) is 0 Å². The Kier molecular flexibility index (Phi) is 7.32. The zero-order valence-electron chi connectivity index (χ0n) is 16.6. The number of rotatable bonds is 7. The number of likely N-dealkylation sites (N-methyl/N-ethyl adjacent to an activating group) is 1. The number of hydrogen-bond donors (Lipinski definition) is 1. The minimum absolute atomic E-state index is 0.200. The van der Waals surface area contributed by atoms with Crippen LogP contribution in [0.25, 0.3) is 0 Å². The first-order valence-electron chi connectivity index (χ1n) is 9.20. The normalized spacial score (nSPS) is 12.8. The SMILES string of the molecule is CC(OC(=O)C(NC(=O)c1ccccc1)C(C)C)C(=O)N(C)c1ccccc1. The zero-order valence-corrected chi connectivity index (χ0v) is 16.6. The van der Waals surface area contributed by atoms with E-state index in [0.29, 0.717) is 11.3 Å². The Morgan fingerprint density at radius 3 is 1.96 bits per heavy atom. The van der Waals surface area contributed by atoms with Gasteiger partial charge in [0.15, 0.2) is 6.10 Å². The molecule has 0 bridgehead atoms. The molecule has 1 N–H and O–H groups in total. The molecule has 0 aliphatic carbocycles. The molecule has 2 amide bonds. The van der Waals surface area contributed by atoms with E-state index < -0.39 is 18.1 Å². The van der Waals surface area contributed by atoms with E-state index in [0.717, 1.165) is 0 Å². The molecule has 0 heterocycles. The van der Waals surface area contributed by atoms with Crippen LogP contribution in [0.3, 0.4) is 0 Å². The van der Waals surface area contributed by atoms with E-state index in [1.54, 1.807) is 57.3 Å². The number of nitrogens with zero attached hydrogens (tertiary/aromatic N) is 1. The summed E-state index contributed by atoms with van der Waals surface area (Å²) in [6.07, 6.45) is -0.979. The summed E-state index contributed by atoms with van der Waals surface area (Å²) in [6.45, 7) is 5.13. The van der Waals surface area contributed by atoms with Crippen molar-refractivity contribution in [2.24, 2.45) is 5.92 Å². The fourth-order valence-electron chi connectivity index (χ4n) is 2.66. The lowest BCUT2D eigenvalue weighted by Gasteiger charge is -2.25. The maximum Gasteiger partial charge on any atom is 0.329 e. The molecule has 0 saturated heterocycles. The Bertz CT molecular complexity index is 806. The highest BCUT2D eigenvalue weighted by molar-refractivity contribution is 5.99. The van der Waals surface area contributed by atoms with Crippen LogP contribution >= 0.6 is 0 Å². The van der Waals surface area contributed by atoms with Gasteiger partial charge >= 0.3 is 5.97 Å². The highest BCUT2D eigenvalue weighted by Gasteiger charge is 2.30. The molecule has 148 valence electrons. The summed E-state index contributed by atoms with van der Waals surface area (Å²) in [5.74, 6) is -1.55. The standard InChI is InChI=1S/C22H26N2O4/c1-15(2)19(23-20(25)17-11-7-5-8-12-17)22(27)28-16(3)21(26)24(4)18-13-9-6-10-14-18/h5-16,19H,1-4H3,(H,23,25). The van der Waals surface area contributed by atoms with Crippen molar-refractivity contribution in [3.8, 4) is 0 Å². The van der Waals surface area contributed by atoms with E-state index in [-0.39, 0.29) is 17.7 Å². The van der Waals surface area contributed by atoms with E-state index in [9.17, 15) is 14.4 Å². The molecule has 0 aliphatic heterocycles. The molecule has 0 radical (unpaired) electrons.